The van der Waals surface area contributed by atoms with E-state index in [4.69, 9.17) is 14.0 Å². The highest BCUT2D eigenvalue weighted by Gasteiger charge is 2.25. The third kappa shape index (κ3) is 7.34. The molecule has 1 aromatic heterocycles. The van der Waals surface area contributed by atoms with Gasteiger partial charge in [-0.05, 0) is 36.2 Å². The molecule has 0 saturated heterocycles. The van der Waals surface area contributed by atoms with Gasteiger partial charge in [-0.1, -0.05) is 75.6 Å². The molecule has 202 valence electrons. The van der Waals surface area contributed by atoms with Crippen molar-refractivity contribution in [3.8, 4) is 23.0 Å². The van der Waals surface area contributed by atoms with Gasteiger partial charge < -0.3 is 19.1 Å². The summed E-state index contributed by atoms with van der Waals surface area (Å²) in [4.78, 5) is 29.8. The molecular weight excluding hydrogens is 486 g/mol. The van der Waals surface area contributed by atoms with Crippen molar-refractivity contribution in [2.24, 2.45) is 0 Å². The van der Waals surface area contributed by atoms with Crippen LogP contribution in [-0.2, 0) is 22.6 Å². The van der Waals surface area contributed by atoms with E-state index in [0.717, 1.165) is 19.3 Å². The second kappa shape index (κ2) is 13.6. The summed E-state index contributed by atoms with van der Waals surface area (Å²) in [7, 11) is 0. The number of ether oxygens (including phenoxy) is 2. The number of hydrogen-bond donors (Lipinski definition) is 1. The van der Waals surface area contributed by atoms with Crippen LogP contribution in [0.15, 0.2) is 47.0 Å². The summed E-state index contributed by atoms with van der Waals surface area (Å²) < 4.78 is 16.2. The van der Waals surface area contributed by atoms with Gasteiger partial charge in [0, 0.05) is 23.7 Å². The Kier molecular flexibility index (Phi) is 9.72. The van der Waals surface area contributed by atoms with E-state index in [9.17, 15) is 14.7 Å². The number of aliphatic carboxylic acids is 1. The van der Waals surface area contributed by atoms with Crippen LogP contribution in [0.1, 0.15) is 76.1 Å². The summed E-state index contributed by atoms with van der Waals surface area (Å²) in [6.07, 6.45) is 12.1. The zero-order valence-corrected chi connectivity index (χ0v) is 21.9. The second-order valence-electron chi connectivity index (χ2n) is 9.53. The average molecular weight is 522 g/mol. The van der Waals surface area contributed by atoms with E-state index in [1.807, 2.05) is 24.3 Å². The minimum atomic E-state index is -1.54. The number of rotatable bonds is 14. The number of carboxylic acids is 1. The fourth-order valence-corrected chi connectivity index (χ4v) is 4.50. The summed E-state index contributed by atoms with van der Waals surface area (Å²) in [5.41, 5.74) is 1.82. The van der Waals surface area contributed by atoms with E-state index >= 15 is 0 Å². The number of aromatic nitrogens is 2. The molecule has 0 aliphatic carbocycles. The number of amides is 1. The quantitative estimate of drug-likeness (QED) is 0.198. The lowest BCUT2D eigenvalue weighted by Crippen LogP contribution is -2.36. The molecule has 0 spiro atoms. The van der Waals surface area contributed by atoms with Crippen molar-refractivity contribution in [2.75, 3.05) is 11.7 Å². The highest BCUT2D eigenvalue weighted by molar-refractivity contribution is 6.37. The van der Waals surface area contributed by atoms with Gasteiger partial charge in [0.05, 0.1) is 6.54 Å². The predicted octanol–water partition coefficient (Wildman–Crippen LogP) is 6.16. The summed E-state index contributed by atoms with van der Waals surface area (Å²) >= 11 is 0. The van der Waals surface area contributed by atoms with Crippen LogP contribution < -0.4 is 14.4 Å². The van der Waals surface area contributed by atoms with Crippen molar-refractivity contribution in [2.45, 2.75) is 77.7 Å². The number of carbonyl (C=O) groups excluding carboxylic acids is 1. The van der Waals surface area contributed by atoms with Crippen molar-refractivity contribution < 1.29 is 28.7 Å². The van der Waals surface area contributed by atoms with Crippen LogP contribution in [0.2, 0.25) is 0 Å². The van der Waals surface area contributed by atoms with Crippen LogP contribution in [0.25, 0.3) is 11.5 Å². The van der Waals surface area contributed by atoms with Gasteiger partial charge in [0.2, 0.25) is 6.79 Å². The number of carboxylic acid groups (broad SMARTS) is 1. The van der Waals surface area contributed by atoms with Crippen LogP contribution in [0.5, 0.6) is 11.5 Å². The van der Waals surface area contributed by atoms with Gasteiger partial charge in [-0.3, -0.25) is 9.69 Å². The first-order valence-corrected chi connectivity index (χ1v) is 13.4. The maximum Gasteiger partial charge on any atom is 0.394 e. The van der Waals surface area contributed by atoms with Crippen LogP contribution in [-0.4, -0.2) is 33.9 Å². The molecular formula is C29H35N3O6. The fraction of sp³-hybridized carbons (Fsp3) is 0.448. The Morgan fingerprint density at radius 3 is 2.42 bits per heavy atom. The first-order valence-electron chi connectivity index (χ1n) is 13.4. The van der Waals surface area contributed by atoms with E-state index in [0.29, 0.717) is 40.0 Å². The second-order valence-corrected chi connectivity index (χ2v) is 9.53. The largest absolute Gasteiger partial charge is 0.474 e. The van der Waals surface area contributed by atoms with Gasteiger partial charge in [0.25, 0.3) is 5.89 Å². The van der Waals surface area contributed by atoms with E-state index in [2.05, 4.69) is 17.1 Å². The third-order valence-corrected chi connectivity index (χ3v) is 6.58. The molecule has 1 amide bonds. The molecule has 0 unspecified atom stereocenters. The number of hydrogen-bond acceptors (Lipinski definition) is 7. The molecule has 2 aromatic carbocycles. The zero-order chi connectivity index (χ0) is 26.7. The number of unbranched alkanes of at least 4 members (excludes halogenated alkanes) is 8. The summed E-state index contributed by atoms with van der Waals surface area (Å²) in [6, 6.07) is 12.2. The van der Waals surface area contributed by atoms with Crippen LogP contribution in [0, 0.1) is 0 Å². The number of carbonyl (C=O) groups is 2. The minimum Gasteiger partial charge on any atom is -0.474 e. The van der Waals surface area contributed by atoms with E-state index in [1.165, 1.54) is 49.8 Å². The number of aryl methyl sites for hydroxylation is 1. The van der Waals surface area contributed by atoms with Crippen LogP contribution >= 0.6 is 0 Å². The Balaban J connectivity index is 1.35. The lowest BCUT2D eigenvalue weighted by Gasteiger charge is -2.21. The monoisotopic (exact) mass is 521 g/mol. The van der Waals surface area contributed by atoms with Gasteiger partial charge >= 0.3 is 11.9 Å². The Labute approximate surface area is 222 Å². The smallest absolute Gasteiger partial charge is 0.394 e. The fourth-order valence-electron chi connectivity index (χ4n) is 4.50. The van der Waals surface area contributed by atoms with Crippen molar-refractivity contribution in [3.63, 3.8) is 0 Å². The number of anilines is 1. The topological polar surface area (TPSA) is 115 Å². The highest BCUT2D eigenvalue weighted by Crippen LogP contribution is 2.36. The number of benzene rings is 2. The molecule has 1 aliphatic rings. The van der Waals surface area contributed by atoms with Crippen LogP contribution in [0.4, 0.5) is 5.69 Å². The molecule has 1 aliphatic heterocycles. The SMILES string of the molecule is CCCCCCCCCCCc1noc(-c2cccc(CN(C(=O)C(=O)O)c3ccc4c(c3)OCO4)c2)n1. The molecule has 0 radical (unpaired) electrons. The number of fused-ring (bicyclic) bond motifs is 1. The summed E-state index contributed by atoms with van der Waals surface area (Å²) in [5, 5.41) is 13.5. The first kappa shape index (κ1) is 27.2. The van der Waals surface area contributed by atoms with Crippen molar-refractivity contribution in [1.29, 1.82) is 0 Å². The molecule has 9 nitrogen and oxygen atoms in total. The standard InChI is InChI=1S/C29H35N3O6/c1-2-3-4-5-6-7-8-9-10-14-26-30-27(38-31-26)22-13-11-12-21(17-22)19-32(28(33)29(34)35)23-15-16-24-25(18-23)37-20-36-24/h11-13,15-18H,2-10,14,19-20H2,1H3,(H,34,35). The average Bonchev–Trinajstić information content (AvgIpc) is 3.60. The van der Waals surface area contributed by atoms with Crippen LogP contribution in [0.3, 0.4) is 0 Å². The predicted molar refractivity (Wildman–Crippen MR) is 142 cm³/mol. The van der Waals surface area contributed by atoms with Gasteiger partial charge in [0.15, 0.2) is 17.3 Å². The molecule has 1 N–H and O–H groups in total. The zero-order valence-electron chi connectivity index (χ0n) is 21.9. The van der Waals surface area contributed by atoms with E-state index < -0.39 is 11.9 Å². The van der Waals surface area contributed by atoms with E-state index in [-0.39, 0.29) is 13.3 Å². The lowest BCUT2D eigenvalue weighted by atomic mass is 10.1. The molecule has 0 atom stereocenters. The summed E-state index contributed by atoms with van der Waals surface area (Å²) in [6.45, 7) is 2.36. The molecule has 0 saturated carbocycles. The lowest BCUT2D eigenvalue weighted by molar-refractivity contribution is -0.148. The number of nitrogens with zero attached hydrogens (tertiary/aromatic N) is 3. The van der Waals surface area contributed by atoms with Gasteiger partial charge in [-0.15, -0.1) is 0 Å². The van der Waals surface area contributed by atoms with Gasteiger partial charge in [-0.2, -0.15) is 4.98 Å². The van der Waals surface area contributed by atoms with Gasteiger partial charge in [0.1, 0.15) is 0 Å². The maximum absolute atomic E-state index is 12.5. The maximum atomic E-state index is 12.5. The molecule has 38 heavy (non-hydrogen) atoms. The van der Waals surface area contributed by atoms with Crippen molar-refractivity contribution in [1.82, 2.24) is 10.1 Å². The Bertz CT molecular complexity index is 1220. The normalized spacial score (nSPS) is 12.0. The molecule has 0 fully saturated rings. The van der Waals surface area contributed by atoms with Crippen molar-refractivity contribution in [3.05, 3.63) is 53.9 Å². The third-order valence-electron chi connectivity index (χ3n) is 6.58. The Morgan fingerprint density at radius 2 is 1.66 bits per heavy atom. The molecule has 4 rings (SSSR count). The minimum absolute atomic E-state index is 0.0397. The summed E-state index contributed by atoms with van der Waals surface area (Å²) in [5.74, 6) is -0.501. The molecule has 9 heteroatoms. The van der Waals surface area contributed by atoms with Gasteiger partial charge in [-0.25, -0.2) is 4.79 Å². The molecule has 2 heterocycles. The molecule has 0 bridgehead atoms. The van der Waals surface area contributed by atoms with E-state index in [1.54, 1.807) is 18.2 Å². The first-order chi connectivity index (χ1) is 18.5. The highest BCUT2D eigenvalue weighted by atomic mass is 16.7. The Hall–Kier alpha value is -3.88. The van der Waals surface area contributed by atoms with Crippen molar-refractivity contribution >= 4 is 17.6 Å². The Morgan fingerprint density at radius 1 is 0.921 bits per heavy atom. The molecule has 3 aromatic rings.